The van der Waals surface area contributed by atoms with Crippen LogP contribution in [0.5, 0.6) is 0 Å². The normalized spacial score (nSPS) is 16.9. The van der Waals surface area contributed by atoms with Gasteiger partial charge in [-0.1, -0.05) is 29.3 Å². The first-order chi connectivity index (χ1) is 14.8. The summed E-state index contributed by atoms with van der Waals surface area (Å²) >= 11 is 6.25. The lowest BCUT2D eigenvalue weighted by Gasteiger charge is -2.31. The maximum absolute atomic E-state index is 12.8. The zero-order chi connectivity index (χ0) is 22.0. The Morgan fingerprint density at radius 2 is 1.84 bits per heavy atom. The Hall–Kier alpha value is -2.09. The lowest BCUT2D eigenvalue weighted by molar-refractivity contribution is -0.116. The molecule has 0 spiro atoms. The second-order valence-corrected chi connectivity index (χ2v) is 10.6. The lowest BCUT2D eigenvalue weighted by atomic mass is 9.99. The molecule has 2 aromatic carbocycles. The summed E-state index contributed by atoms with van der Waals surface area (Å²) in [5.74, 6) is -0.183. The van der Waals surface area contributed by atoms with Crippen molar-refractivity contribution in [3.8, 4) is 0 Å². The minimum atomic E-state index is -3.57. The fourth-order valence-corrected chi connectivity index (χ4v) is 6.03. The molecule has 0 bridgehead atoms. The number of rotatable bonds is 6. The number of anilines is 2. The van der Waals surface area contributed by atoms with Gasteiger partial charge in [0.2, 0.25) is 15.9 Å². The Kier molecular flexibility index (Phi) is 6.55. The van der Waals surface area contributed by atoms with Gasteiger partial charge in [0, 0.05) is 38.3 Å². The van der Waals surface area contributed by atoms with Crippen molar-refractivity contribution in [2.75, 3.05) is 36.4 Å². The lowest BCUT2D eigenvalue weighted by Crippen LogP contribution is -2.32. The van der Waals surface area contributed by atoms with E-state index in [-0.39, 0.29) is 10.8 Å². The molecule has 2 aromatic rings. The molecule has 0 atom stereocenters. The summed E-state index contributed by atoms with van der Waals surface area (Å²) in [5.41, 5.74) is 4.11. The predicted octanol–water partition coefficient (Wildman–Crippen LogP) is 4.21. The number of amides is 1. The van der Waals surface area contributed by atoms with E-state index in [1.807, 2.05) is 0 Å². The second-order valence-electron chi connectivity index (χ2n) is 8.27. The predicted molar refractivity (Wildman–Crippen MR) is 124 cm³/mol. The number of fused-ring (bicyclic) bond motifs is 1. The quantitative estimate of drug-likeness (QED) is 0.699. The van der Waals surface area contributed by atoms with Crippen molar-refractivity contribution in [1.29, 1.82) is 0 Å². The molecule has 0 unspecified atom stereocenters. The Morgan fingerprint density at radius 3 is 2.61 bits per heavy atom. The van der Waals surface area contributed by atoms with Gasteiger partial charge in [-0.3, -0.25) is 4.79 Å². The number of carbonyl (C=O) groups is 1. The van der Waals surface area contributed by atoms with Crippen LogP contribution in [0.4, 0.5) is 11.4 Å². The molecule has 2 heterocycles. The maximum atomic E-state index is 12.8. The molecule has 8 heteroatoms. The average Bonchev–Trinajstić information content (AvgIpc) is 3.29. The van der Waals surface area contributed by atoms with Gasteiger partial charge in [0.25, 0.3) is 0 Å². The summed E-state index contributed by atoms with van der Waals surface area (Å²) < 4.78 is 27.1. The first-order valence-corrected chi connectivity index (χ1v) is 12.6. The minimum Gasteiger partial charge on any atom is -0.371 e. The van der Waals surface area contributed by atoms with E-state index in [0.29, 0.717) is 36.8 Å². The van der Waals surface area contributed by atoms with Crippen LogP contribution in [0.3, 0.4) is 0 Å². The standard InChI is InChI=1S/C23H28ClN3O3S/c1-17-6-9-22-18(15-17)5-4-11-26(22)14-10-23(28)25-21-16-19(7-8-20(21)24)31(29,30)27-12-2-3-13-27/h6-9,15-16H,2-5,10-14H2,1H3,(H,25,28). The summed E-state index contributed by atoms with van der Waals surface area (Å²) in [4.78, 5) is 15.0. The molecule has 1 N–H and O–H groups in total. The highest BCUT2D eigenvalue weighted by Gasteiger charge is 2.28. The van der Waals surface area contributed by atoms with Gasteiger partial charge in [0.15, 0.2) is 0 Å². The molecule has 0 radical (unpaired) electrons. The molecule has 2 aliphatic rings. The van der Waals surface area contributed by atoms with E-state index in [9.17, 15) is 13.2 Å². The van der Waals surface area contributed by atoms with Crippen LogP contribution < -0.4 is 10.2 Å². The highest BCUT2D eigenvalue weighted by molar-refractivity contribution is 7.89. The zero-order valence-corrected chi connectivity index (χ0v) is 19.3. The summed E-state index contributed by atoms with van der Waals surface area (Å²) in [7, 11) is -3.57. The summed E-state index contributed by atoms with van der Waals surface area (Å²) in [6.45, 7) is 4.68. The van der Waals surface area contributed by atoms with Crippen LogP contribution >= 0.6 is 11.6 Å². The molecule has 6 nitrogen and oxygen atoms in total. The number of halogens is 1. The monoisotopic (exact) mass is 461 g/mol. The number of hydrogen-bond donors (Lipinski definition) is 1. The van der Waals surface area contributed by atoms with E-state index in [0.717, 1.165) is 32.2 Å². The van der Waals surface area contributed by atoms with E-state index in [4.69, 9.17) is 11.6 Å². The van der Waals surface area contributed by atoms with Crippen LogP contribution in [-0.2, 0) is 21.2 Å². The summed E-state index contributed by atoms with van der Waals surface area (Å²) in [5, 5.41) is 3.13. The topological polar surface area (TPSA) is 69.7 Å². The Morgan fingerprint density at radius 1 is 1.06 bits per heavy atom. The third-order valence-electron chi connectivity index (χ3n) is 5.97. The van der Waals surface area contributed by atoms with E-state index in [2.05, 4.69) is 35.3 Å². The number of benzene rings is 2. The SMILES string of the molecule is Cc1ccc2c(c1)CCCN2CCC(=O)Nc1cc(S(=O)(=O)N2CCCC2)ccc1Cl. The van der Waals surface area contributed by atoms with Crippen LogP contribution in [0.25, 0.3) is 0 Å². The van der Waals surface area contributed by atoms with E-state index < -0.39 is 10.0 Å². The van der Waals surface area contributed by atoms with Crippen LogP contribution in [0, 0.1) is 6.92 Å². The molecule has 1 fully saturated rings. The van der Waals surface area contributed by atoms with Gasteiger partial charge >= 0.3 is 0 Å². The second kappa shape index (κ2) is 9.18. The van der Waals surface area contributed by atoms with Gasteiger partial charge in [0.1, 0.15) is 0 Å². The summed E-state index contributed by atoms with van der Waals surface area (Å²) in [6, 6.07) is 10.9. The van der Waals surface area contributed by atoms with Gasteiger partial charge in [-0.2, -0.15) is 4.31 Å². The number of nitrogens with one attached hydrogen (secondary N) is 1. The number of hydrogen-bond acceptors (Lipinski definition) is 4. The van der Waals surface area contributed by atoms with Gasteiger partial charge in [-0.25, -0.2) is 8.42 Å². The molecule has 31 heavy (non-hydrogen) atoms. The van der Waals surface area contributed by atoms with Gasteiger partial charge < -0.3 is 10.2 Å². The third-order valence-corrected chi connectivity index (χ3v) is 8.20. The van der Waals surface area contributed by atoms with Crippen molar-refractivity contribution in [3.63, 3.8) is 0 Å². The van der Waals surface area contributed by atoms with Crippen LogP contribution in [0.15, 0.2) is 41.3 Å². The molecule has 0 aromatic heterocycles. The van der Waals surface area contributed by atoms with E-state index >= 15 is 0 Å². The minimum absolute atomic E-state index is 0.162. The molecular weight excluding hydrogens is 434 g/mol. The van der Waals surface area contributed by atoms with Crippen LogP contribution in [-0.4, -0.2) is 44.8 Å². The largest absolute Gasteiger partial charge is 0.371 e. The van der Waals surface area contributed by atoms with Crippen molar-refractivity contribution in [2.24, 2.45) is 0 Å². The highest BCUT2D eigenvalue weighted by Crippen LogP contribution is 2.30. The molecule has 0 saturated carbocycles. The Balaban J connectivity index is 1.42. The number of nitrogens with zero attached hydrogens (tertiary/aromatic N) is 2. The van der Waals surface area contributed by atoms with E-state index in [1.54, 1.807) is 0 Å². The zero-order valence-electron chi connectivity index (χ0n) is 17.7. The van der Waals surface area contributed by atoms with Gasteiger partial charge in [-0.15, -0.1) is 0 Å². The molecule has 0 aliphatic carbocycles. The number of carbonyl (C=O) groups excluding carboxylic acids is 1. The van der Waals surface area contributed by atoms with Crippen molar-refractivity contribution < 1.29 is 13.2 Å². The fraction of sp³-hybridized carbons (Fsp3) is 0.435. The van der Waals surface area contributed by atoms with E-state index in [1.165, 1.54) is 39.3 Å². The van der Waals surface area contributed by atoms with Crippen LogP contribution in [0.2, 0.25) is 5.02 Å². The first-order valence-electron chi connectivity index (χ1n) is 10.8. The van der Waals surface area contributed by atoms with Crippen molar-refractivity contribution >= 4 is 38.9 Å². The molecule has 4 rings (SSSR count). The molecule has 166 valence electrons. The van der Waals surface area contributed by atoms with Crippen LogP contribution in [0.1, 0.15) is 36.8 Å². The number of aryl methyl sites for hydroxylation is 2. The molecule has 2 aliphatic heterocycles. The molecular formula is C23H28ClN3O3S. The number of sulfonamides is 1. The third kappa shape index (κ3) is 4.89. The van der Waals surface area contributed by atoms with Gasteiger partial charge in [-0.05, 0) is 62.4 Å². The maximum Gasteiger partial charge on any atom is 0.243 e. The first kappa shape index (κ1) is 22.1. The van der Waals surface area contributed by atoms with Crippen molar-refractivity contribution in [2.45, 2.75) is 43.9 Å². The summed E-state index contributed by atoms with van der Waals surface area (Å²) in [6.07, 6.45) is 4.17. The average molecular weight is 462 g/mol. The molecule has 1 amide bonds. The Labute approximate surface area is 189 Å². The van der Waals surface area contributed by atoms with Crippen molar-refractivity contribution in [3.05, 3.63) is 52.5 Å². The highest BCUT2D eigenvalue weighted by atomic mass is 35.5. The smallest absolute Gasteiger partial charge is 0.243 e. The fourth-order valence-electron chi connectivity index (χ4n) is 4.32. The van der Waals surface area contributed by atoms with Gasteiger partial charge in [0.05, 0.1) is 15.6 Å². The Bertz CT molecular complexity index is 1080. The molecule has 1 saturated heterocycles. The van der Waals surface area contributed by atoms with Crippen molar-refractivity contribution in [1.82, 2.24) is 4.31 Å².